The Hall–Kier alpha value is -2.87. The summed E-state index contributed by atoms with van der Waals surface area (Å²) in [4.78, 5) is 13.4. The number of benzene rings is 3. The fourth-order valence-electron chi connectivity index (χ4n) is 4.28. The molecule has 3 aromatic carbocycles. The number of piperidine rings is 1. The minimum Gasteiger partial charge on any atom is -0.495 e. The van der Waals surface area contributed by atoms with Crippen LogP contribution in [0.3, 0.4) is 0 Å². The van der Waals surface area contributed by atoms with Gasteiger partial charge in [-0.3, -0.25) is 4.79 Å². The smallest absolute Gasteiger partial charge is 0.246 e. The van der Waals surface area contributed by atoms with Gasteiger partial charge in [0.05, 0.1) is 19.1 Å². The lowest BCUT2D eigenvalue weighted by Crippen LogP contribution is -2.46. The fraction of sp³-hybridized carbons (Fsp3) is 0.269. The van der Waals surface area contributed by atoms with Gasteiger partial charge in [0.15, 0.2) is 0 Å². The monoisotopic (exact) mass is 498 g/mol. The Balaban J connectivity index is 1.56. The zero-order chi connectivity index (χ0) is 24.1. The van der Waals surface area contributed by atoms with Gasteiger partial charge in [0.2, 0.25) is 15.9 Å². The molecule has 0 aromatic heterocycles. The molecule has 34 heavy (non-hydrogen) atoms. The summed E-state index contributed by atoms with van der Waals surface area (Å²) in [7, 11) is -2.46. The normalized spacial score (nSPS) is 16.9. The summed E-state index contributed by atoms with van der Waals surface area (Å²) in [5, 5.41) is 3.46. The van der Waals surface area contributed by atoms with Crippen molar-refractivity contribution < 1.29 is 17.9 Å². The van der Waals surface area contributed by atoms with E-state index in [1.807, 2.05) is 60.7 Å². The molecule has 0 saturated carbocycles. The molecule has 1 amide bonds. The van der Waals surface area contributed by atoms with Crippen molar-refractivity contribution in [2.24, 2.45) is 5.92 Å². The minimum atomic E-state index is -3.88. The second-order valence-corrected chi connectivity index (χ2v) is 10.6. The number of amides is 1. The van der Waals surface area contributed by atoms with E-state index < -0.39 is 15.9 Å². The molecule has 0 radical (unpaired) electrons. The predicted molar refractivity (Wildman–Crippen MR) is 132 cm³/mol. The lowest BCUT2D eigenvalue weighted by molar-refractivity contribution is -0.126. The van der Waals surface area contributed by atoms with Gasteiger partial charge in [0, 0.05) is 18.1 Å². The van der Waals surface area contributed by atoms with Crippen LogP contribution in [0.25, 0.3) is 0 Å². The van der Waals surface area contributed by atoms with Crippen LogP contribution in [0, 0.1) is 5.92 Å². The van der Waals surface area contributed by atoms with Crippen molar-refractivity contribution in [2.75, 3.05) is 20.2 Å². The van der Waals surface area contributed by atoms with Gasteiger partial charge in [0.1, 0.15) is 10.6 Å². The molecule has 1 saturated heterocycles. The summed E-state index contributed by atoms with van der Waals surface area (Å²) >= 11 is 6.07. The second kappa shape index (κ2) is 10.6. The molecule has 1 heterocycles. The highest BCUT2D eigenvalue weighted by Crippen LogP contribution is 2.32. The molecule has 3 aromatic rings. The van der Waals surface area contributed by atoms with Crippen LogP contribution in [-0.2, 0) is 14.8 Å². The number of halogens is 1. The van der Waals surface area contributed by atoms with Crippen molar-refractivity contribution in [3.8, 4) is 5.75 Å². The molecule has 1 aliphatic rings. The van der Waals surface area contributed by atoms with E-state index in [2.05, 4.69) is 5.32 Å². The van der Waals surface area contributed by atoms with E-state index in [0.717, 1.165) is 11.1 Å². The van der Waals surface area contributed by atoms with Crippen molar-refractivity contribution in [3.63, 3.8) is 0 Å². The van der Waals surface area contributed by atoms with E-state index >= 15 is 0 Å². The number of hydrogen-bond donors (Lipinski definition) is 1. The zero-order valence-corrected chi connectivity index (χ0v) is 20.4. The maximum atomic E-state index is 13.4. The molecular formula is C26H27ClN2O4S. The number of carbonyl (C=O) groups excluding carboxylic acids is 1. The maximum Gasteiger partial charge on any atom is 0.246 e. The Morgan fingerprint density at radius 3 is 2.24 bits per heavy atom. The van der Waals surface area contributed by atoms with E-state index in [1.165, 1.54) is 23.5 Å². The average Bonchev–Trinajstić information content (AvgIpc) is 2.88. The largest absolute Gasteiger partial charge is 0.495 e. The third-order valence-electron chi connectivity index (χ3n) is 6.05. The van der Waals surface area contributed by atoms with Crippen LogP contribution in [0.5, 0.6) is 5.75 Å². The van der Waals surface area contributed by atoms with E-state index in [-0.39, 0.29) is 29.1 Å². The highest BCUT2D eigenvalue weighted by atomic mass is 35.5. The first kappa shape index (κ1) is 24.3. The van der Waals surface area contributed by atoms with Crippen LogP contribution in [0.15, 0.2) is 83.8 Å². The summed E-state index contributed by atoms with van der Waals surface area (Å²) in [6, 6.07) is 23.7. The molecule has 8 heteroatoms. The van der Waals surface area contributed by atoms with Crippen LogP contribution >= 0.6 is 11.6 Å². The second-order valence-electron chi connectivity index (χ2n) is 8.26. The van der Waals surface area contributed by atoms with Crippen molar-refractivity contribution in [3.05, 3.63) is 95.0 Å². The standard InChI is InChI=1S/C26H27ClN2O4S/c1-33-23-15-14-22(27)17-24(23)34(31,32)29-16-8-13-21(18-29)26(30)28-25(19-9-4-2-5-10-19)20-11-6-3-7-12-20/h2-7,9-12,14-15,17,21,25H,8,13,16,18H2,1H3,(H,28,30)/t21-/m0/s1. The van der Waals surface area contributed by atoms with Crippen LogP contribution in [-0.4, -0.2) is 38.8 Å². The maximum absolute atomic E-state index is 13.4. The Labute approximate surface area is 205 Å². The molecule has 1 aliphatic heterocycles. The minimum absolute atomic E-state index is 0.00926. The van der Waals surface area contributed by atoms with Crippen molar-refractivity contribution in [1.29, 1.82) is 0 Å². The number of nitrogens with zero attached hydrogens (tertiary/aromatic N) is 1. The van der Waals surface area contributed by atoms with Gasteiger partial charge in [-0.05, 0) is 42.2 Å². The molecule has 0 bridgehead atoms. The summed E-state index contributed by atoms with van der Waals surface area (Å²) in [5.74, 6) is -0.413. The van der Waals surface area contributed by atoms with E-state index in [0.29, 0.717) is 24.4 Å². The third kappa shape index (κ3) is 5.27. The van der Waals surface area contributed by atoms with Gasteiger partial charge in [-0.15, -0.1) is 0 Å². The topological polar surface area (TPSA) is 75.7 Å². The van der Waals surface area contributed by atoms with Crippen molar-refractivity contribution in [2.45, 2.75) is 23.8 Å². The number of rotatable bonds is 7. The number of hydrogen-bond acceptors (Lipinski definition) is 4. The molecule has 0 spiro atoms. The summed E-state index contributed by atoms with van der Waals surface area (Å²) < 4.78 is 33.4. The molecule has 1 atom stereocenters. The summed E-state index contributed by atoms with van der Waals surface area (Å²) in [6.07, 6.45) is 1.20. The number of ether oxygens (including phenoxy) is 1. The first-order chi connectivity index (χ1) is 16.4. The van der Waals surface area contributed by atoms with Gasteiger partial charge in [-0.25, -0.2) is 8.42 Å². The number of carbonyl (C=O) groups is 1. The molecule has 1 fully saturated rings. The van der Waals surface area contributed by atoms with Crippen molar-refractivity contribution >= 4 is 27.5 Å². The molecule has 0 unspecified atom stereocenters. The van der Waals surface area contributed by atoms with Crippen molar-refractivity contribution in [1.82, 2.24) is 9.62 Å². The van der Waals surface area contributed by atoms with Crippen LogP contribution in [0.4, 0.5) is 0 Å². The van der Waals surface area contributed by atoms with Gasteiger partial charge in [-0.1, -0.05) is 72.3 Å². The Morgan fingerprint density at radius 1 is 1.03 bits per heavy atom. The molecule has 0 aliphatic carbocycles. The number of methoxy groups -OCH3 is 1. The fourth-order valence-corrected chi connectivity index (χ4v) is 6.22. The number of nitrogens with one attached hydrogen (secondary N) is 1. The van der Waals surface area contributed by atoms with Gasteiger partial charge >= 0.3 is 0 Å². The van der Waals surface area contributed by atoms with E-state index in [1.54, 1.807) is 6.07 Å². The van der Waals surface area contributed by atoms with Crippen LogP contribution in [0.2, 0.25) is 5.02 Å². The Kier molecular flexibility index (Phi) is 7.56. The highest BCUT2D eigenvalue weighted by molar-refractivity contribution is 7.89. The molecule has 6 nitrogen and oxygen atoms in total. The number of sulfonamides is 1. The third-order valence-corrected chi connectivity index (χ3v) is 8.17. The Bertz CT molecular complexity index is 1200. The first-order valence-electron chi connectivity index (χ1n) is 11.1. The lowest BCUT2D eigenvalue weighted by atomic mass is 9.95. The Morgan fingerprint density at radius 2 is 1.65 bits per heavy atom. The lowest BCUT2D eigenvalue weighted by Gasteiger charge is -2.32. The molecule has 1 N–H and O–H groups in total. The summed E-state index contributed by atoms with van der Waals surface area (Å²) in [5.41, 5.74) is 1.93. The van der Waals surface area contributed by atoms with Crippen LogP contribution < -0.4 is 10.1 Å². The van der Waals surface area contributed by atoms with Gasteiger partial charge in [-0.2, -0.15) is 4.31 Å². The van der Waals surface area contributed by atoms with Crippen LogP contribution in [0.1, 0.15) is 30.0 Å². The predicted octanol–water partition coefficient (Wildman–Crippen LogP) is 4.66. The zero-order valence-electron chi connectivity index (χ0n) is 18.9. The molecule has 4 rings (SSSR count). The SMILES string of the molecule is COc1ccc(Cl)cc1S(=O)(=O)N1CCC[C@H](C(=O)NC(c2ccccc2)c2ccccc2)C1. The molecular weight excluding hydrogens is 472 g/mol. The van der Waals surface area contributed by atoms with E-state index in [9.17, 15) is 13.2 Å². The van der Waals surface area contributed by atoms with Gasteiger partial charge < -0.3 is 10.1 Å². The summed E-state index contributed by atoms with van der Waals surface area (Å²) in [6.45, 7) is 0.433. The quantitative estimate of drug-likeness (QED) is 0.514. The first-order valence-corrected chi connectivity index (χ1v) is 13.0. The van der Waals surface area contributed by atoms with Gasteiger partial charge in [0.25, 0.3) is 0 Å². The highest BCUT2D eigenvalue weighted by Gasteiger charge is 2.35. The molecule has 178 valence electrons. The van der Waals surface area contributed by atoms with E-state index in [4.69, 9.17) is 16.3 Å². The average molecular weight is 499 g/mol.